The largest absolute Gasteiger partial charge is 0.451 e. The number of fused-ring (bicyclic) bond motifs is 1. The van der Waals surface area contributed by atoms with Crippen LogP contribution in [0.3, 0.4) is 0 Å². The third-order valence-corrected chi connectivity index (χ3v) is 6.02. The molecule has 0 radical (unpaired) electrons. The molecule has 0 saturated carbocycles. The third-order valence-electron chi connectivity index (χ3n) is 4.80. The standard InChI is InChI=1S/C23H21NO3S/c25-22(16-27-23(26)21-15-17-9-7-8-14-20(17)28-21)24(18-10-3-1-4-11-18)19-12-5-2-6-13-19/h1-6,10-13,15H,7-9,14,16H2. The number of hydrogen-bond donors (Lipinski definition) is 0. The average Bonchev–Trinajstić information content (AvgIpc) is 3.18. The Morgan fingerprint density at radius 2 is 1.50 bits per heavy atom. The smallest absolute Gasteiger partial charge is 0.348 e. The normalized spacial score (nSPS) is 12.9. The monoisotopic (exact) mass is 391 g/mol. The zero-order valence-corrected chi connectivity index (χ0v) is 16.3. The fourth-order valence-electron chi connectivity index (χ4n) is 3.45. The SMILES string of the molecule is O=C(OCC(=O)N(c1ccccc1)c1ccccc1)c1cc2c(s1)CCCC2. The number of anilines is 2. The fraction of sp³-hybridized carbons (Fsp3) is 0.217. The first kappa shape index (κ1) is 18.4. The van der Waals surface area contributed by atoms with Crippen molar-refractivity contribution in [2.75, 3.05) is 11.5 Å². The van der Waals surface area contributed by atoms with Crippen molar-refractivity contribution in [2.24, 2.45) is 0 Å². The quantitative estimate of drug-likeness (QED) is 0.565. The van der Waals surface area contributed by atoms with Gasteiger partial charge in [-0.25, -0.2) is 4.79 Å². The van der Waals surface area contributed by atoms with Crippen LogP contribution in [-0.2, 0) is 22.4 Å². The van der Waals surface area contributed by atoms with Gasteiger partial charge in [0.25, 0.3) is 5.91 Å². The summed E-state index contributed by atoms with van der Waals surface area (Å²) in [5.74, 6) is -0.708. The van der Waals surface area contributed by atoms with Gasteiger partial charge in [0.15, 0.2) is 6.61 Å². The second-order valence-corrected chi connectivity index (χ2v) is 7.88. The maximum Gasteiger partial charge on any atom is 0.348 e. The maximum absolute atomic E-state index is 12.9. The summed E-state index contributed by atoms with van der Waals surface area (Å²) in [5.41, 5.74) is 2.73. The van der Waals surface area contributed by atoms with Gasteiger partial charge < -0.3 is 4.74 Å². The first-order chi connectivity index (χ1) is 13.7. The lowest BCUT2D eigenvalue weighted by atomic mass is 9.99. The highest BCUT2D eigenvalue weighted by Gasteiger charge is 2.22. The topological polar surface area (TPSA) is 46.6 Å². The van der Waals surface area contributed by atoms with E-state index >= 15 is 0 Å². The summed E-state index contributed by atoms with van der Waals surface area (Å²) in [7, 11) is 0. The molecule has 4 rings (SSSR count). The molecule has 5 heteroatoms. The van der Waals surface area contributed by atoms with E-state index in [-0.39, 0.29) is 12.5 Å². The number of carbonyl (C=O) groups is 2. The minimum Gasteiger partial charge on any atom is -0.451 e. The van der Waals surface area contributed by atoms with Crippen molar-refractivity contribution in [1.82, 2.24) is 0 Å². The third kappa shape index (κ3) is 3.99. The molecule has 3 aromatic rings. The van der Waals surface area contributed by atoms with Crippen LogP contribution in [0.25, 0.3) is 0 Å². The maximum atomic E-state index is 12.9. The molecule has 0 N–H and O–H groups in total. The molecule has 1 aliphatic carbocycles. The van der Waals surface area contributed by atoms with Gasteiger partial charge in [0, 0.05) is 16.3 Å². The summed E-state index contributed by atoms with van der Waals surface area (Å²) in [6.07, 6.45) is 4.39. The zero-order valence-electron chi connectivity index (χ0n) is 15.5. The molecule has 28 heavy (non-hydrogen) atoms. The number of rotatable bonds is 5. The summed E-state index contributed by atoms with van der Waals surface area (Å²) in [6, 6.07) is 20.7. The van der Waals surface area contributed by atoms with E-state index in [2.05, 4.69) is 0 Å². The second-order valence-electron chi connectivity index (χ2n) is 6.74. The molecule has 142 valence electrons. The predicted octanol–water partition coefficient (Wildman–Crippen LogP) is 5.15. The van der Waals surface area contributed by atoms with Crippen molar-refractivity contribution in [1.29, 1.82) is 0 Å². The van der Waals surface area contributed by atoms with Crippen LogP contribution < -0.4 is 4.90 Å². The molecule has 1 heterocycles. The lowest BCUT2D eigenvalue weighted by Gasteiger charge is -2.22. The lowest BCUT2D eigenvalue weighted by Crippen LogP contribution is -2.30. The first-order valence-electron chi connectivity index (χ1n) is 9.44. The van der Waals surface area contributed by atoms with E-state index in [4.69, 9.17) is 4.74 Å². The molecule has 4 nitrogen and oxygen atoms in total. The Balaban J connectivity index is 1.49. The number of hydrogen-bond acceptors (Lipinski definition) is 4. The number of nitrogens with zero attached hydrogens (tertiary/aromatic N) is 1. The summed E-state index contributed by atoms with van der Waals surface area (Å²) < 4.78 is 5.37. The highest BCUT2D eigenvalue weighted by molar-refractivity contribution is 7.14. The Morgan fingerprint density at radius 1 is 0.893 bits per heavy atom. The minimum atomic E-state index is -0.422. The van der Waals surface area contributed by atoms with Crippen LogP contribution in [0.15, 0.2) is 66.7 Å². The highest BCUT2D eigenvalue weighted by atomic mass is 32.1. The summed E-state index contributed by atoms with van der Waals surface area (Å²) in [6.45, 7) is -0.300. The molecule has 2 aromatic carbocycles. The molecule has 0 spiro atoms. The molecule has 1 amide bonds. The average molecular weight is 391 g/mol. The molecule has 0 aliphatic heterocycles. The fourth-order valence-corrected chi connectivity index (χ4v) is 4.59. The summed E-state index contributed by atoms with van der Waals surface area (Å²) in [5, 5.41) is 0. The molecule has 1 aliphatic rings. The van der Waals surface area contributed by atoms with Crippen LogP contribution in [0.2, 0.25) is 0 Å². The Kier molecular flexibility index (Phi) is 5.53. The number of aryl methyl sites for hydroxylation is 2. The number of benzene rings is 2. The van der Waals surface area contributed by atoms with Gasteiger partial charge in [-0.2, -0.15) is 0 Å². The van der Waals surface area contributed by atoms with E-state index in [1.807, 2.05) is 66.7 Å². The summed E-state index contributed by atoms with van der Waals surface area (Å²) in [4.78, 5) is 28.8. The highest BCUT2D eigenvalue weighted by Crippen LogP contribution is 2.30. The van der Waals surface area contributed by atoms with E-state index in [0.717, 1.165) is 24.2 Å². The molecule has 0 saturated heterocycles. The van der Waals surface area contributed by atoms with Crippen LogP contribution in [0.1, 0.15) is 33.0 Å². The van der Waals surface area contributed by atoms with Crippen molar-refractivity contribution >= 4 is 34.6 Å². The van der Waals surface area contributed by atoms with Gasteiger partial charge in [0.1, 0.15) is 4.88 Å². The Morgan fingerprint density at radius 3 is 2.11 bits per heavy atom. The van der Waals surface area contributed by atoms with Gasteiger partial charge in [-0.15, -0.1) is 11.3 Å². The van der Waals surface area contributed by atoms with Gasteiger partial charge in [-0.05, 0) is 61.6 Å². The van der Waals surface area contributed by atoms with Crippen molar-refractivity contribution in [3.05, 3.63) is 82.0 Å². The molecule has 1 aromatic heterocycles. The molecular formula is C23H21NO3S. The van der Waals surface area contributed by atoms with E-state index in [1.165, 1.54) is 34.6 Å². The minimum absolute atomic E-state index is 0.285. The van der Waals surface area contributed by atoms with Gasteiger partial charge in [-0.3, -0.25) is 9.69 Å². The zero-order chi connectivity index (χ0) is 19.3. The lowest BCUT2D eigenvalue weighted by molar-refractivity contribution is -0.120. The van der Waals surface area contributed by atoms with Crippen molar-refractivity contribution in [3.8, 4) is 0 Å². The number of esters is 1. The van der Waals surface area contributed by atoms with Crippen LogP contribution in [0.4, 0.5) is 11.4 Å². The second kappa shape index (κ2) is 8.40. The number of carbonyl (C=O) groups excluding carboxylic acids is 2. The van der Waals surface area contributed by atoms with Gasteiger partial charge in [0.05, 0.1) is 0 Å². The Bertz CT molecular complexity index is 903. The first-order valence-corrected chi connectivity index (χ1v) is 10.3. The number of amides is 1. The van der Waals surface area contributed by atoms with E-state index < -0.39 is 5.97 Å². The van der Waals surface area contributed by atoms with Crippen molar-refractivity contribution in [2.45, 2.75) is 25.7 Å². The van der Waals surface area contributed by atoms with Crippen LogP contribution >= 0.6 is 11.3 Å². The molecule has 0 atom stereocenters. The van der Waals surface area contributed by atoms with E-state index in [9.17, 15) is 9.59 Å². The van der Waals surface area contributed by atoms with E-state index in [0.29, 0.717) is 4.88 Å². The number of thiophene rings is 1. The molecule has 0 unspecified atom stereocenters. The van der Waals surface area contributed by atoms with Gasteiger partial charge >= 0.3 is 5.97 Å². The number of ether oxygens (including phenoxy) is 1. The van der Waals surface area contributed by atoms with Crippen LogP contribution in [0, 0.1) is 0 Å². The van der Waals surface area contributed by atoms with E-state index in [1.54, 1.807) is 4.90 Å². The Labute approximate surface area is 168 Å². The van der Waals surface area contributed by atoms with Crippen LogP contribution in [0.5, 0.6) is 0 Å². The van der Waals surface area contributed by atoms with Crippen molar-refractivity contribution in [3.63, 3.8) is 0 Å². The summed E-state index contributed by atoms with van der Waals surface area (Å²) >= 11 is 1.50. The van der Waals surface area contributed by atoms with Gasteiger partial charge in [0.2, 0.25) is 0 Å². The number of para-hydroxylation sites is 2. The molecule has 0 bridgehead atoms. The van der Waals surface area contributed by atoms with Crippen LogP contribution in [-0.4, -0.2) is 18.5 Å². The molecule has 0 fully saturated rings. The molecular weight excluding hydrogens is 370 g/mol. The van der Waals surface area contributed by atoms with Crippen molar-refractivity contribution < 1.29 is 14.3 Å². The Hall–Kier alpha value is -2.92. The van der Waals surface area contributed by atoms with Gasteiger partial charge in [-0.1, -0.05) is 36.4 Å². The predicted molar refractivity (Wildman–Crippen MR) is 111 cm³/mol.